The molecule has 0 spiro atoms. The number of carbonyl (C=O) groups is 2. The molecule has 0 aromatic heterocycles. The van der Waals surface area contributed by atoms with Crippen LogP contribution in [0.3, 0.4) is 0 Å². The molecule has 0 saturated heterocycles. The van der Waals surface area contributed by atoms with Gasteiger partial charge in [0.05, 0.1) is 19.8 Å². The highest BCUT2D eigenvalue weighted by Gasteiger charge is 2.27. The SMILES string of the molecule is CCCCCC/C=C/CCCCCCCCCC(=O)OCC(COP(=O)(O)OC[C@@H](O)CO)OC(=O)CCCCCCCCC/C=C/CCCCCC. The van der Waals surface area contributed by atoms with E-state index in [1.807, 2.05) is 0 Å². The highest BCUT2D eigenvalue weighted by Crippen LogP contribution is 2.43. The number of hydrogen-bond acceptors (Lipinski definition) is 9. The Morgan fingerprint density at radius 2 is 0.925 bits per heavy atom. The van der Waals surface area contributed by atoms with Gasteiger partial charge < -0.3 is 24.6 Å². The lowest BCUT2D eigenvalue weighted by Crippen LogP contribution is -2.29. The maximum Gasteiger partial charge on any atom is 0.472 e. The van der Waals surface area contributed by atoms with E-state index in [2.05, 4.69) is 42.7 Å². The minimum atomic E-state index is -4.61. The molecule has 2 unspecified atom stereocenters. The molecule has 0 saturated carbocycles. The molecular formula is C42H79O10P. The fraction of sp³-hybridized carbons (Fsp3) is 0.857. The van der Waals surface area contributed by atoms with Crippen LogP contribution in [0.2, 0.25) is 0 Å². The summed E-state index contributed by atoms with van der Waals surface area (Å²) >= 11 is 0. The van der Waals surface area contributed by atoms with E-state index >= 15 is 0 Å². The fourth-order valence-electron chi connectivity index (χ4n) is 5.75. The molecule has 0 rings (SSSR count). The molecule has 0 aliphatic heterocycles. The van der Waals surface area contributed by atoms with Crippen LogP contribution < -0.4 is 0 Å². The van der Waals surface area contributed by atoms with Crippen LogP contribution >= 0.6 is 7.82 Å². The zero-order valence-corrected chi connectivity index (χ0v) is 34.6. The minimum Gasteiger partial charge on any atom is -0.462 e. The van der Waals surface area contributed by atoms with Crippen molar-refractivity contribution in [3.63, 3.8) is 0 Å². The number of rotatable bonds is 40. The van der Waals surface area contributed by atoms with E-state index in [9.17, 15) is 24.2 Å². The van der Waals surface area contributed by atoms with Crippen LogP contribution in [0, 0.1) is 0 Å². The van der Waals surface area contributed by atoms with E-state index in [0.29, 0.717) is 12.8 Å². The van der Waals surface area contributed by atoms with E-state index < -0.39 is 51.8 Å². The summed E-state index contributed by atoms with van der Waals surface area (Å²) in [5, 5.41) is 18.3. The zero-order valence-electron chi connectivity index (χ0n) is 33.7. The summed E-state index contributed by atoms with van der Waals surface area (Å²) in [5.41, 5.74) is 0. The van der Waals surface area contributed by atoms with Gasteiger partial charge in [0.1, 0.15) is 12.7 Å². The van der Waals surface area contributed by atoms with E-state index in [4.69, 9.17) is 19.1 Å². The Balaban J connectivity index is 4.31. The summed E-state index contributed by atoms with van der Waals surface area (Å²) in [4.78, 5) is 34.9. The zero-order chi connectivity index (χ0) is 39.1. The molecule has 10 nitrogen and oxygen atoms in total. The van der Waals surface area contributed by atoms with Crippen molar-refractivity contribution >= 4 is 19.8 Å². The first-order valence-electron chi connectivity index (χ1n) is 21.3. The van der Waals surface area contributed by atoms with Gasteiger partial charge in [-0.2, -0.15) is 0 Å². The predicted molar refractivity (Wildman–Crippen MR) is 215 cm³/mol. The van der Waals surface area contributed by atoms with Crippen LogP contribution in [-0.4, -0.2) is 65.7 Å². The van der Waals surface area contributed by atoms with Gasteiger partial charge in [-0.1, -0.05) is 141 Å². The number of phosphoric ester groups is 1. The Morgan fingerprint density at radius 1 is 0.547 bits per heavy atom. The third-order valence-corrected chi connectivity index (χ3v) is 10.0. The van der Waals surface area contributed by atoms with Gasteiger partial charge in [-0.3, -0.25) is 18.6 Å². The Kier molecular flexibility index (Phi) is 37.6. The van der Waals surface area contributed by atoms with Crippen molar-refractivity contribution in [2.24, 2.45) is 0 Å². The summed E-state index contributed by atoms with van der Waals surface area (Å²) in [6, 6.07) is 0. The Labute approximate surface area is 323 Å². The molecule has 53 heavy (non-hydrogen) atoms. The van der Waals surface area contributed by atoms with Crippen molar-refractivity contribution in [3.05, 3.63) is 24.3 Å². The lowest BCUT2D eigenvalue weighted by atomic mass is 10.1. The maximum atomic E-state index is 12.6. The number of carbonyl (C=O) groups excluding carboxylic acids is 2. The second-order valence-corrected chi connectivity index (χ2v) is 15.8. The molecule has 0 aromatic rings. The monoisotopic (exact) mass is 775 g/mol. The smallest absolute Gasteiger partial charge is 0.462 e. The second kappa shape index (κ2) is 38.7. The van der Waals surface area contributed by atoms with Gasteiger partial charge in [0.15, 0.2) is 6.10 Å². The topological polar surface area (TPSA) is 149 Å². The van der Waals surface area contributed by atoms with Crippen molar-refractivity contribution in [1.82, 2.24) is 0 Å². The van der Waals surface area contributed by atoms with Gasteiger partial charge in [0.2, 0.25) is 0 Å². The van der Waals surface area contributed by atoms with Crippen molar-refractivity contribution in [1.29, 1.82) is 0 Å². The molecule has 3 N–H and O–H groups in total. The summed E-state index contributed by atoms with van der Waals surface area (Å²) in [7, 11) is -4.61. The summed E-state index contributed by atoms with van der Waals surface area (Å²) in [5.74, 6) is -0.931. The first-order chi connectivity index (χ1) is 25.7. The predicted octanol–water partition coefficient (Wildman–Crippen LogP) is 11.0. The van der Waals surface area contributed by atoms with Crippen molar-refractivity contribution in [2.75, 3.05) is 26.4 Å². The number of aliphatic hydroxyl groups excluding tert-OH is 2. The number of allylic oxidation sites excluding steroid dienone is 4. The van der Waals surface area contributed by atoms with Gasteiger partial charge in [-0.05, 0) is 64.2 Å². The molecule has 11 heteroatoms. The largest absolute Gasteiger partial charge is 0.472 e. The first kappa shape index (κ1) is 51.5. The third kappa shape index (κ3) is 38.5. The van der Waals surface area contributed by atoms with E-state index in [0.717, 1.165) is 51.4 Å². The lowest BCUT2D eigenvalue weighted by molar-refractivity contribution is -0.161. The second-order valence-electron chi connectivity index (χ2n) is 14.4. The third-order valence-electron chi connectivity index (χ3n) is 9.08. The van der Waals surface area contributed by atoms with Crippen LogP contribution in [0.15, 0.2) is 24.3 Å². The Hall–Kier alpha value is -1.55. The Morgan fingerprint density at radius 3 is 1.36 bits per heavy atom. The molecule has 312 valence electrons. The van der Waals surface area contributed by atoms with Crippen molar-refractivity contribution in [3.8, 4) is 0 Å². The number of unbranched alkanes of at least 4 members (excludes halogenated alkanes) is 22. The molecular weight excluding hydrogens is 695 g/mol. The van der Waals surface area contributed by atoms with Crippen molar-refractivity contribution in [2.45, 2.75) is 206 Å². The minimum absolute atomic E-state index is 0.180. The highest BCUT2D eigenvalue weighted by atomic mass is 31.2. The number of hydrogen-bond donors (Lipinski definition) is 3. The van der Waals surface area contributed by atoms with E-state index in [1.165, 1.54) is 103 Å². The summed E-state index contributed by atoms with van der Waals surface area (Å²) in [6.45, 7) is 2.35. The number of aliphatic hydroxyl groups is 2. The van der Waals surface area contributed by atoms with E-state index in [-0.39, 0.29) is 19.4 Å². The fourth-order valence-corrected chi connectivity index (χ4v) is 6.54. The van der Waals surface area contributed by atoms with Gasteiger partial charge in [0, 0.05) is 12.8 Å². The average molecular weight is 775 g/mol. The molecule has 0 bridgehead atoms. The van der Waals surface area contributed by atoms with Crippen LogP contribution in [-0.2, 0) is 32.7 Å². The first-order valence-corrected chi connectivity index (χ1v) is 22.8. The molecule has 0 amide bonds. The molecule has 0 fully saturated rings. The van der Waals surface area contributed by atoms with Gasteiger partial charge in [-0.25, -0.2) is 4.57 Å². The molecule has 0 aromatic carbocycles. The summed E-state index contributed by atoms with van der Waals surface area (Å²) in [6.07, 6.45) is 37.1. The Bertz CT molecular complexity index is 941. The van der Waals surface area contributed by atoms with Crippen LogP contribution in [0.4, 0.5) is 0 Å². The quantitative estimate of drug-likeness (QED) is 0.0238. The molecule has 0 heterocycles. The maximum absolute atomic E-state index is 12.6. The number of esters is 2. The number of ether oxygens (including phenoxy) is 2. The standard InChI is InChI=1S/C42H79O10P/c1-3-5-7-9-11-13-15-17-19-21-23-25-27-29-31-33-41(45)49-37-40(38-51-53(47,48)50-36-39(44)35-43)52-42(46)34-32-30-28-26-24-22-20-18-16-14-12-10-8-6-4-2/h13-16,39-40,43-44H,3-12,17-38H2,1-2H3,(H,47,48)/b15-13+,16-14+/t39-,40?/m0/s1. The van der Waals surface area contributed by atoms with Gasteiger partial charge in [0.25, 0.3) is 0 Å². The molecule has 3 atom stereocenters. The number of phosphoric acid groups is 1. The van der Waals surface area contributed by atoms with Crippen LogP contribution in [0.1, 0.15) is 194 Å². The lowest BCUT2D eigenvalue weighted by Gasteiger charge is -2.20. The average Bonchev–Trinajstić information content (AvgIpc) is 3.14. The highest BCUT2D eigenvalue weighted by molar-refractivity contribution is 7.47. The van der Waals surface area contributed by atoms with Crippen LogP contribution in [0.25, 0.3) is 0 Å². The van der Waals surface area contributed by atoms with E-state index in [1.54, 1.807) is 0 Å². The molecule has 0 aliphatic carbocycles. The van der Waals surface area contributed by atoms with Crippen molar-refractivity contribution < 1.29 is 47.8 Å². The normalized spacial score (nSPS) is 14.1. The molecule has 0 radical (unpaired) electrons. The van der Waals surface area contributed by atoms with Gasteiger partial charge in [-0.15, -0.1) is 0 Å². The molecule has 0 aliphatic rings. The van der Waals surface area contributed by atoms with Gasteiger partial charge >= 0.3 is 19.8 Å². The van der Waals surface area contributed by atoms with Crippen LogP contribution in [0.5, 0.6) is 0 Å². The summed E-state index contributed by atoms with van der Waals surface area (Å²) < 4.78 is 32.7.